The number of allylic oxidation sites excluding steroid dienone is 2. The van der Waals surface area contributed by atoms with Crippen LogP contribution in [0.25, 0.3) is 0 Å². The second-order valence-corrected chi connectivity index (χ2v) is 23.0. The summed E-state index contributed by atoms with van der Waals surface area (Å²) < 4.78 is 0. The minimum absolute atomic E-state index is 0.0284. The molecule has 0 aliphatic rings. The van der Waals surface area contributed by atoms with Crippen molar-refractivity contribution in [2.45, 2.75) is 202 Å². The third-order valence-electron chi connectivity index (χ3n) is 13.5. The van der Waals surface area contributed by atoms with Gasteiger partial charge in [0.05, 0.1) is 18.2 Å². The Hall–Kier alpha value is -5.64. The highest BCUT2D eigenvalue weighted by atomic mass is 16.3. The van der Waals surface area contributed by atoms with E-state index >= 15 is 0 Å². The van der Waals surface area contributed by atoms with Gasteiger partial charge in [0.2, 0.25) is 59.1 Å². The van der Waals surface area contributed by atoms with E-state index in [-0.39, 0.29) is 55.3 Å². The summed E-state index contributed by atoms with van der Waals surface area (Å²) in [7, 11) is 8.46. The number of rotatable bonds is 32. The molecule has 0 heterocycles. The fourth-order valence-corrected chi connectivity index (χ4v) is 8.63. The normalized spacial score (nSPS) is 15.7. The SMILES string of the molecule is C/C=C/C[C@@H](C)[C@@H](O)C(C(=O)N[C@@H](CC)C(=O)N(C)CC(=O)N(C)[C@@H](CC(C)(C)O)C(=O)N[C@@H](C(=O)N(C)[C@@H](CC(C)C)C(=O)N[C@@H](C)C(=O)N[C@@H](C)C(=O)N(C)[C@@H](CC(C)C)C(=O)NC)C(C)C)N(C)C(=O)CC(C)C. The first kappa shape index (κ1) is 71.4. The summed E-state index contributed by atoms with van der Waals surface area (Å²) in [4.78, 5) is 143. The molecule has 0 fully saturated rings. The van der Waals surface area contributed by atoms with Crippen molar-refractivity contribution in [2.24, 2.45) is 29.6 Å². The molecule has 0 saturated carbocycles. The van der Waals surface area contributed by atoms with E-state index in [1.54, 1.807) is 27.7 Å². The molecule has 0 radical (unpaired) electrons. The van der Waals surface area contributed by atoms with E-state index in [9.17, 15) is 58.2 Å². The maximum atomic E-state index is 14.5. The Bertz CT molecular complexity index is 2020. The molecule has 0 bridgehead atoms. The lowest BCUT2D eigenvalue weighted by Gasteiger charge is -2.36. The van der Waals surface area contributed by atoms with Crippen molar-refractivity contribution in [3.05, 3.63) is 12.2 Å². The third kappa shape index (κ3) is 23.1. The smallest absolute Gasteiger partial charge is 0.246 e. The largest absolute Gasteiger partial charge is 0.390 e. The average Bonchev–Trinajstić information content (AvgIpc) is 3.33. The number of nitrogens with zero attached hydrogens (tertiary/aromatic N) is 5. The molecule has 1 unspecified atom stereocenters. The molecule has 22 heteroatoms. The minimum atomic E-state index is -1.52. The Kier molecular flexibility index (Phi) is 30.5. The molecule has 0 aromatic rings. The van der Waals surface area contributed by atoms with Crippen molar-refractivity contribution in [1.82, 2.24) is 51.1 Å². The molecule has 77 heavy (non-hydrogen) atoms. The molecule has 10 atom stereocenters. The van der Waals surface area contributed by atoms with Crippen molar-refractivity contribution in [2.75, 3.05) is 48.8 Å². The Morgan fingerprint density at radius 1 is 0.571 bits per heavy atom. The monoisotopic (exact) mass is 1090 g/mol. The van der Waals surface area contributed by atoms with E-state index in [2.05, 4.69) is 26.6 Å². The first-order chi connectivity index (χ1) is 35.4. The van der Waals surface area contributed by atoms with Gasteiger partial charge in [-0.25, -0.2) is 0 Å². The Labute approximate surface area is 460 Å². The standard InChI is InChI=1S/C55H100N10O12/c1-22-24-25-35(11)46(68)45(65(21)42(66)28-33(7)8)51(73)59-38(23-2)53(75)61(17)30-43(67)62(18)41(29-55(14,15)77)50(72)60-44(34(9)10)54(76)64(20)40(27-32(5)6)49(71)57-36(12)47(69)58-37(13)52(74)63(19)39(26-31(3)4)48(70)56-16/h22,24,31-41,44-46,68,77H,23,25-30H2,1-21H3,(H,56,70)(H,57,71)(H,58,69)(H,59,73)(H,60,72)/b24-22+/t35-,36+,37+,38+,39+,40+,41+,44-,45?,46-/m1/s1. The number of carbonyl (C=O) groups is 10. The number of nitrogens with one attached hydrogen (secondary N) is 5. The molecule has 442 valence electrons. The van der Waals surface area contributed by atoms with E-state index in [1.165, 1.54) is 84.7 Å². The zero-order valence-electron chi connectivity index (χ0n) is 50.4. The third-order valence-corrected chi connectivity index (χ3v) is 13.5. The maximum Gasteiger partial charge on any atom is 0.246 e. The summed E-state index contributed by atoms with van der Waals surface area (Å²) in [5.74, 6) is -7.28. The fraction of sp³-hybridized carbons (Fsp3) is 0.782. The predicted molar refractivity (Wildman–Crippen MR) is 296 cm³/mol. The molecule has 0 rings (SSSR count). The van der Waals surface area contributed by atoms with Gasteiger partial charge in [0, 0.05) is 55.1 Å². The zero-order chi connectivity index (χ0) is 60.1. The summed E-state index contributed by atoms with van der Waals surface area (Å²) >= 11 is 0. The fourth-order valence-electron chi connectivity index (χ4n) is 8.63. The molecular formula is C55H100N10O12. The molecule has 0 spiro atoms. The van der Waals surface area contributed by atoms with Crippen molar-refractivity contribution in [3.63, 3.8) is 0 Å². The van der Waals surface area contributed by atoms with Gasteiger partial charge in [0.15, 0.2) is 0 Å². The van der Waals surface area contributed by atoms with Crippen molar-refractivity contribution >= 4 is 59.1 Å². The van der Waals surface area contributed by atoms with Gasteiger partial charge in [-0.15, -0.1) is 0 Å². The molecule has 0 aromatic carbocycles. The summed E-state index contributed by atoms with van der Waals surface area (Å²) in [5.41, 5.74) is -1.52. The number of hydrogen-bond acceptors (Lipinski definition) is 12. The highest BCUT2D eigenvalue weighted by Crippen LogP contribution is 2.22. The number of aliphatic hydroxyl groups excluding tert-OH is 1. The topological polar surface area (TPSA) is 288 Å². The predicted octanol–water partition coefficient (Wildman–Crippen LogP) is 1.81. The number of amides is 10. The van der Waals surface area contributed by atoms with E-state index in [1.807, 2.05) is 60.6 Å². The highest BCUT2D eigenvalue weighted by Gasteiger charge is 2.41. The minimum Gasteiger partial charge on any atom is -0.390 e. The van der Waals surface area contributed by atoms with Gasteiger partial charge in [-0.1, -0.05) is 81.4 Å². The van der Waals surface area contributed by atoms with Gasteiger partial charge in [-0.2, -0.15) is 0 Å². The van der Waals surface area contributed by atoms with E-state index in [0.29, 0.717) is 12.8 Å². The van der Waals surface area contributed by atoms with Crippen LogP contribution in [0.1, 0.15) is 142 Å². The molecular weight excluding hydrogens is 993 g/mol. The number of aliphatic hydroxyl groups is 2. The van der Waals surface area contributed by atoms with Crippen LogP contribution in [-0.4, -0.2) is 203 Å². The Morgan fingerprint density at radius 3 is 1.52 bits per heavy atom. The van der Waals surface area contributed by atoms with Gasteiger partial charge in [-0.3, -0.25) is 47.9 Å². The molecule has 10 amide bonds. The van der Waals surface area contributed by atoms with Crippen molar-refractivity contribution < 1.29 is 58.2 Å². The number of carbonyl (C=O) groups excluding carboxylic acids is 10. The summed E-state index contributed by atoms with van der Waals surface area (Å²) in [6.45, 7) is 25.0. The lowest BCUT2D eigenvalue weighted by Crippen LogP contribution is -2.61. The van der Waals surface area contributed by atoms with Crippen molar-refractivity contribution in [3.8, 4) is 0 Å². The van der Waals surface area contributed by atoms with Gasteiger partial charge in [-0.05, 0) is 89.9 Å². The molecule has 22 nitrogen and oxygen atoms in total. The summed E-state index contributed by atoms with van der Waals surface area (Å²) in [6.07, 6.45) is 3.23. The Balaban J connectivity index is 6.52. The van der Waals surface area contributed by atoms with Crippen LogP contribution in [0.5, 0.6) is 0 Å². The second kappa shape index (κ2) is 32.9. The number of likely N-dealkylation sites (N-methyl/N-ethyl adjacent to an activating group) is 6. The first-order valence-electron chi connectivity index (χ1n) is 27.1. The van der Waals surface area contributed by atoms with Crippen molar-refractivity contribution in [1.29, 1.82) is 0 Å². The van der Waals surface area contributed by atoms with Crippen LogP contribution in [0, 0.1) is 29.6 Å². The second-order valence-electron chi connectivity index (χ2n) is 23.0. The van der Waals surface area contributed by atoms with Gasteiger partial charge < -0.3 is 61.3 Å². The van der Waals surface area contributed by atoms with E-state index in [0.717, 1.165) is 9.80 Å². The summed E-state index contributed by atoms with van der Waals surface area (Å²) in [6, 6.07) is -9.30. The molecule has 0 aromatic heterocycles. The van der Waals surface area contributed by atoms with Crippen LogP contribution in [0.4, 0.5) is 0 Å². The van der Waals surface area contributed by atoms with Crippen LogP contribution in [0.2, 0.25) is 0 Å². The molecule has 0 saturated heterocycles. The van der Waals surface area contributed by atoms with Crippen LogP contribution in [-0.2, 0) is 47.9 Å². The number of hydrogen-bond donors (Lipinski definition) is 7. The lowest BCUT2D eigenvalue weighted by molar-refractivity contribution is -0.148. The molecule has 0 aliphatic carbocycles. The van der Waals surface area contributed by atoms with Gasteiger partial charge in [0.25, 0.3) is 0 Å². The maximum absolute atomic E-state index is 14.5. The molecule has 0 aliphatic heterocycles. The summed E-state index contributed by atoms with van der Waals surface area (Å²) in [5, 5.41) is 35.7. The van der Waals surface area contributed by atoms with E-state index in [4.69, 9.17) is 0 Å². The lowest BCUT2D eigenvalue weighted by atomic mass is 9.92. The van der Waals surface area contributed by atoms with Gasteiger partial charge >= 0.3 is 0 Å². The van der Waals surface area contributed by atoms with Gasteiger partial charge in [0.1, 0.15) is 48.3 Å². The zero-order valence-corrected chi connectivity index (χ0v) is 50.4. The first-order valence-corrected chi connectivity index (χ1v) is 27.1. The van der Waals surface area contributed by atoms with E-state index < -0.39 is 126 Å². The van der Waals surface area contributed by atoms with Crippen LogP contribution in [0.15, 0.2) is 12.2 Å². The van der Waals surface area contributed by atoms with Crippen LogP contribution in [0.3, 0.4) is 0 Å². The Morgan fingerprint density at radius 2 is 1.06 bits per heavy atom. The van der Waals surface area contributed by atoms with Crippen LogP contribution < -0.4 is 26.6 Å². The molecule has 7 N–H and O–H groups in total. The highest BCUT2D eigenvalue weighted by molar-refractivity contribution is 5.98. The average molecular weight is 1090 g/mol. The quantitative estimate of drug-likeness (QED) is 0.0475. The van der Waals surface area contributed by atoms with Crippen LogP contribution >= 0.6 is 0 Å².